The molecule has 0 radical (unpaired) electrons. The van der Waals surface area contributed by atoms with Gasteiger partial charge in [-0.1, -0.05) is 61.8 Å². The molecule has 28 heteroatoms. The number of aliphatic carboxylic acids is 5. The number of carbonyl (C=O) groups excluding carboxylic acids is 5. The first-order valence-electron chi connectivity index (χ1n) is 19.7. The lowest BCUT2D eigenvalue weighted by atomic mass is 10.0. The molecule has 28 nitrogen and oxygen atoms in total. The summed E-state index contributed by atoms with van der Waals surface area (Å²) in [6.07, 6.45) is -2.08. The maximum atomic E-state index is 11.4. The van der Waals surface area contributed by atoms with Gasteiger partial charge in [-0.15, -0.1) is 0 Å². The second-order valence-electron chi connectivity index (χ2n) is 15.1. The van der Waals surface area contributed by atoms with Crippen LogP contribution < -0.4 is 57.3 Å². The van der Waals surface area contributed by atoms with Crippen molar-refractivity contribution in [3.63, 3.8) is 0 Å². The Labute approximate surface area is 377 Å². The Morgan fingerprint density at radius 1 is 0.431 bits per heavy atom. The van der Waals surface area contributed by atoms with Gasteiger partial charge in [0.15, 0.2) is 0 Å². The van der Waals surface area contributed by atoms with Crippen LogP contribution in [0, 0.1) is 23.7 Å². The fourth-order valence-electron chi connectivity index (χ4n) is 2.94. The van der Waals surface area contributed by atoms with Crippen LogP contribution in [0.1, 0.15) is 88.5 Å². The van der Waals surface area contributed by atoms with E-state index in [4.69, 9.17) is 88.0 Å². The number of esters is 3. The fourth-order valence-corrected chi connectivity index (χ4v) is 2.94. The lowest BCUT2D eigenvalue weighted by Gasteiger charge is -2.18. The maximum absolute atomic E-state index is 11.4. The summed E-state index contributed by atoms with van der Waals surface area (Å²) in [6, 6.07) is -7.97. The number of rotatable bonds is 20. The topological polar surface area (TPSA) is 571 Å². The molecule has 0 aromatic rings. The molecular formula is C37H76N10O18. The first-order valence-corrected chi connectivity index (χ1v) is 19.7. The molecule has 0 aliphatic rings. The molecule has 0 aliphatic carbocycles. The van der Waals surface area contributed by atoms with E-state index in [1.807, 2.05) is 6.92 Å². The van der Waals surface area contributed by atoms with Crippen molar-refractivity contribution in [3.8, 4) is 0 Å². The molecule has 0 bridgehead atoms. The van der Waals surface area contributed by atoms with E-state index in [1.54, 1.807) is 48.5 Å². The van der Waals surface area contributed by atoms with Crippen LogP contribution in [0.2, 0.25) is 0 Å². The number of hydrogen-bond donors (Lipinski definition) is 16. The van der Waals surface area contributed by atoms with Gasteiger partial charge in [0.2, 0.25) is 11.8 Å². The average Bonchev–Trinajstić information content (AvgIpc) is 3.18. The Morgan fingerprint density at radius 3 is 0.892 bits per heavy atom. The maximum Gasteiger partial charge on any atom is 0.331 e. The minimum absolute atomic E-state index is 0.0208. The minimum atomic E-state index is -1.34. The Kier molecular flexibility index (Phi) is 41.5. The summed E-state index contributed by atoms with van der Waals surface area (Å²) in [5.41, 5.74) is 51.4. The summed E-state index contributed by atoms with van der Waals surface area (Å²) in [6.45, 7) is 16.9. The number of primary amides is 2. The standard InChI is InChI=1S/C10H19N3O4.C8H15N3O5.3C5H11NO2.C4H9NO3/c1-3-5(2)8(13)10(16)17-9(15)6(11)4-7(12)14;1-3(6(11)7(13)14)16-8(15)4(9)2-5(10)12;3*1-3(2)4(6)5(7)8;1-2(6)3(5)4(7)8/h5-6,8H,3-4,11,13H2,1-2H3,(H2,12,14);3-4,6H,2,9,11H2,1H3,(H2,10,12)(H,13,14);3*3-4H,6H2,1-2H3,(H,7,8);2-3,6H,5H2,1H3,(H,7,8)/t5-,6-,8-;3-,4+,6+;3*4-;2-,3+/m010001/s1. The third kappa shape index (κ3) is 39.8. The summed E-state index contributed by atoms with van der Waals surface area (Å²) in [5, 5.41) is 49.8. The third-order valence-electron chi connectivity index (χ3n) is 8.09. The van der Waals surface area contributed by atoms with Crippen LogP contribution in [-0.2, 0) is 57.4 Å². The largest absolute Gasteiger partial charge is 0.480 e. The van der Waals surface area contributed by atoms with E-state index in [1.165, 1.54) is 13.8 Å². The number of amides is 2. The predicted octanol–water partition coefficient (Wildman–Crippen LogP) is -4.89. The van der Waals surface area contributed by atoms with E-state index in [2.05, 4.69) is 9.47 Å². The van der Waals surface area contributed by atoms with Gasteiger partial charge in [-0.05, 0) is 37.5 Å². The molecule has 0 aromatic heterocycles. The van der Waals surface area contributed by atoms with Crippen molar-refractivity contribution in [2.24, 2.45) is 81.0 Å². The van der Waals surface area contributed by atoms with Gasteiger partial charge in [0, 0.05) is 0 Å². The molecule has 382 valence electrons. The first-order chi connectivity index (χ1) is 29.3. The molecule has 0 saturated carbocycles. The van der Waals surface area contributed by atoms with Crippen molar-refractivity contribution in [2.75, 3.05) is 0 Å². The van der Waals surface area contributed by atoms with Gasteiger partial charge in [-0.3, -0.25) is 38.4 Å². The molecule has 0 saturated heterocycles. The lowest BCUT2D eigenvalue weighted by molar-refractivity contribution is -0.163. The van der Waals surface area contributed by atoms with Crippen molar-refractivity contribution >= 4 is 59.6 Å². The van der Waals surface area contributed by atoms with Crippen molar-refractivity contribution in [1.82, 2.24) is 0 Å². The smallest absolute Gasteiger partial charge is 0.331 e. The van der Waals surface area contributed by atoms with Crippen molar-refractivity contribution < 1.29 is 88.1 Å². The Balaban J connectivity index is -0.000000167. The summed E-state index contributed by atoms with van der Waals surface area (Å²) in [4.78, 5) is 105. The number of aliphatic hydroxyl groups is 1. The van der Waals surface area contributed by atoms with Crippen LogP contribution in [0.4, 0.5) is 0 Å². The monoisotopic (exact) mass is 949 g/mol. The van der Waals surface area contributed by atoms with Crippen LogP contribution in [0.5, 0.6) is 0 Å². The predicted molar refractivity (Wildman–Crippen MR) is 232 cm³/mol. The summed E-state index contributed by atoms with van der Waals surface area (Å²) < 4.78 is 9.12. The normalized spacial score (nSPS) is 15.4. The van der Waals surface area contributed by atoms with Crippen molar-refractivity contribution in [3.05, 3.63) is 0 Å². The van der Waals surface area contributed by atoms with E-state index in [0.29, 0.717) is 6.42 Å². The highest BCUT2D eigenvalue weighted by Gasteiger charge is 2.28. The molecular weight excluding hydrogens is 872 g/mol. The fraction of sp³-hybridized carbons (Fsp3) is 0.730. The number of hydrogen-bond acceptors (Lipinski definition) is 21. The number of carbonyl (C=O) groups is 10. The summed E-state index contributed by atoms with van der Waals surface area (Å²) in [7, 11) is 0. The molecule has 0 rings (SSSR count). The molecule has 0 heterocycles. The Hall–Kier alpha value is -5.46. The highest BCUT2D eigenvalue weighted by Crippen LogP contribution is 2.07. The molecule has 65 heavy (non-hydrogen) atoms. The van der Waals surface area contributed by atoms with Crippen LogP contribution in [0.3, 0.4) is 0 Å². The second-order valence-corrected chi connectivity index (χ2v) is 15.1. The van der Waals surface area contributed by atoms with Crippen LogP contribution >= 0.6 is 0 Å². The molecule has 2 amide bonds. The molecule has 0 aliphatic heterocycles. The molecule has 0 aromatic carbocycles. The zero-order valence-corrected chi connectivity index (χ0v) is 38.6. The van der Waals surface area contributed by atoms with Gasteiger partial charge in [-0.2, -0.15) is 0 Å². The van der Waals surface area contributed by atoms with Gasteiger partial charge < -0.3 is 97.4 Å². The third-order valence-corrected chi connectivity index (χ3v) is 8.09. The highest BCUT2D eigenvalue weighted by molar-refractivity contribution is 5.93. The van der Waals surface area contributed by atoms with Crippen molar-refractivity contribution in [2.45, 2.75) is 149 Å². The zero-order valence-electron chi connectivity index (χ0n) is 38.6. The van der Waals surface area contributed by atoms with Crippen LogP contribution in [-0.4, -0.2) is 151 Å². The van der Waals surface area contributed by atoms with Gasteiger partial charge in [0.05, 0.1) is 18.9 Å². The SMILES string of the molecule is CC(C)[C@H](N)C(=O)O.CC(C)[C@H](N)C(=O)O.CC(C)[C@H](N)C(=O)O.CC[C@H](C)[C@H](N)C(=O)OC(=O)[C@@H](N)CC(N)=O.C[C@@H](O)[C@H](N)C(=O)O.C[C@@H](OC(=O)[C@@H](N)CC(N)=O)[C@H](N)C(=O)O. The number of aliphatic hydroxyl groups excluding tert-OH is 1. The van der Waals surface area contributed by atoms with Crippen LogP contribution in [0.25, 0.3) is 0 Å². The number of ether oxygens (including phenoxy) is 2. The zero-order chi connectivity index (χ0) is 53.4. The van der Waals surface area contributed by atoms with Crippen LogP contribution in [0.15, 0.2) is 0 Å². The molecule has 11 atom stereocenters. The summed E-state index contributed by atoms with van der Waals surface area (Å²) in [5.74, 6) is -9.56. The number of nitrogens with two attached hydrogens (primary N) is 10. The second kappa shape index (κ2) is 37.9. The average molecular weight is 949 g/mol. The van der Waals surface area contributed by atoms with E-state index in [9.17, 15) is 47.9 Å². The Bertz CT molecular complexity index is 1390. The highest BCUT2D eigenvalue weighted by atomic mass is 16.6. The van der Waals surface area contributed by atoms with Gasteiger partial charge in [0.1, 0.15) is 54.4 Å². The summed E-state index contributed by atoms with van der Waals surface area (Å²) >= 11 is 0. The number of carboxylic acids is 5. The molecule has 0 spiro atoms. The lowest BCUT2D eigenvalue weighted by Crippen LogP contribution is -2.45. The van der Waals surface area contributed by atoms with E-state index >= 15 is 0 Å². The minimum Gasteiger partial charge on any atom is -0.480 e. The van der Waals surface area contributed by atoms with Gasteiger partial charge in [0.25, 0.3) is 0 Å². The Morgan fingerprint density at radius 2 is 0.708 bits per heavy atom. The molecule has 0 unspecified atom stereocenters. The molecule has 26 N–H and O–H groups in total. The number of carboxylic acid groups (broad SMARTS) is 5. The van der Waals surface area contributed by atoms with Gasteiger partial charge in [-0.25, -0.2) is 9.59 Å². The molecule has 0 fully saturated rings. The van der Waals surface area contributed by atoms with E-state index in [-0.39, 0.29) is 36.5 Å². The van der Waals surface area contributed by atoms with E-state index < -0.39 is 120 Å². The first kappa shape index (κ1) is 71.2. The van der Waals surface area contributed by atoms with Crippen molar-refractivity contribution in [1.29, 1.82) is 0 Å². The van der Waals surface area contributed by atoms with Gasteiger partial charge >= 0.3 is 47.8 Å². The van der Waals surface area contributed by atoms with E-state index in [0.717, 1.165) is 0 Å². The quantitative estimate of drug-likeness (QED) is 0.0402.